The van der Waals surface area contributed by atoms with Gasteiger partial charge in [-0.25, -0.2) is 0 Å². The Kier molecular flexibility index (Phi) is 9.48. The molecule has 0 amide bonds. The number of fused-ring (bicyclic) bond motifs is 6. The van der Waals surface area contributed by atoms with Crippen LogP contribution in [0.2, 0.25) is 0 Å². The van der Waals surface area contributed by atoms with Gasteiger partial charge >= 0.3 is 0 Å². The summed E-state index contributed by atoms with van der Waals surface area (Å²) >= 11 is 0. The Bertz CT molecular complexity index is 3090. The van der Waals surface area contributed by atoms with Crippen molar-refractivity contribution >= 4 is 27.8 Å². The van der Waals surface area contributed by atoms with E-state index in [4.69, 9.17) is 0 Å². The van der Waals surface area contributed by atoms with E-state index in [1.165, 1.54) is 109 Å². The molecule has 0 saturated heterocycles. The Balaban J connectivity index is 1.05. The topological polar surface area (TPSA) is 3.24 Å². The number of hydrogen-bond donors (Lipinski definition) is 0. The standard InChI is InChI=1S/C63H53N/c1-42(2)55-23-14-24-60-62(55)56-36-35-54(41-61(56)63(60,50-19-8-4-9-20-50)51-21-10-5-11-22-51)64(52-31-27-45(28-32-52)57-38-43-25-26-49(57)37-43)53-33-29-46(30-34-53)59-40-48-18-13-12-17-47(48)39-58(59)44-15-6-3-7-16-44/h3-24,27-36,39-43,49,57H,25-26,37-38H2,1-2H3. The number of rotatable bonds is 9. The van der Waals surface area contributed by atoms with Gasteiger partial charge in [0.15, 0.2) is 0 Å². The highest BCUT2D eigenvalue weighted by Crippen LogP contribution is 2.59. The van der Waals surface area contributed by atoms with Gasteiger partial charge in [-0.1, -0.05) is 184 Å². The molecule has 0 N–H and O–H groups in total. The Morgan fingerprint density at radius 3 is 1.59 bits per heavy atom. The highest BCUT2D eigenvalue weighted by molar-refractivity contribution is 5.97. The fourth-order valence-corrected chi connectivity index (χ4v) is 12.3. The molecule has 0 heterocycles. The molecule has 64 heavy (non-hydrogen) atoms. The molecular formula is C63H53N. The van der Waals surface area contributed by atoms with Gasteiger partial charge in [0.05, 0.1) is 5.41 Å². The minimum absolute atomic E-state index is 0.374. The first-order valence-electron chi connectivity index (χ1n) is 23.5. The van der Waals surface area contributed by atoms with Gasteiger partial charge < -0.3 is 4.90 Å². The molecule has 3 aliphatic rings. The van der Waals surface area contributed by atoms with Crippen LogP contribution in [0.1, 0.15) is 84.7 Å². The summed E-state index contributed by atoms with van der Waals surface area (Å²) in [5.41, 5.74) is 18.8. The van der Waals surface area contributed by atoms with Crippen LogP contribution in [-0.4, -0.2) is 0 Å². The Labute approximate surface area is 378 Å². The highest BCUT2D eigenvalue weighted by Gasteiger charge is 2.47. The number of hydrogen-bond acceptors (Lipinski definition) is 1. The quantitative estimate of drug-likeness (QED) is 0.140. The van der Waals surface area contributed by atoms with Crippen molar-refractivity contribution in [3.8, 4) is 33.4 Å². The van der Waals surface area contributed by atoms with E-state index in [2.05, 4.69) is 231 Å². The molecule has 2 bridgehead atoms. The first-order chi connectivity index (χ1) is 31.5. The number of benzene rings is 9. The van der Waals surface area contributed by atoms with E-state index in [1.54, 1.807) is 0 Å². The molecule has 1 nitrogen and oxygen atoms in total. The summed E-state index contributed by atoms with van der Waals surface area (Å²) in [6.07, 6.45) is 5.57. The molecule has 3 atom stereocenters. The van der Waals surface area contributed by atoms with Gasteiger partial charge in [0.1, 0.15) is 0 Å². The summed E-state index contributed by atoms with van der Waals surface area (Å²) in [5.74, 6) is 2.82. The summed E-state index contributed by atoms with van der Waals surface area (Å²) in [7, 11) is 0. The van der Waals surface area contributed by atoms with Crippen LogP contribution in [0.25, 0.3) is 44.2 Å². The van der Waals surface area contributed by atoms with E-state index in [1.807, 2.05) is 0 Å². The van der Waals surface area contributed by atoms with Crippen LogP contribution in [0.4, 0.5) is 17.1 Å². The molecule has 0 aliphatic heterocycles. The van der Waals surface area contributed by atoms with Crippen molar-refractivity contribution in [3.63, 3.8) is 0 Å². The van der Waals surface area contributed by atoms with Crippen molar-refractivity contribution in [1.82, 2.24) is 0 Å². The zero-order valence-corrected chi connectivity index (χ0v) is 36.8. The summed E-state index contributed by atoms with van der Waals surface area (Å²) in [5, 5.41) is 2.50. The third kappa shape index (κ3) is 6.28. The molecule has 3 aliphatic carbocycles. The Morgan fingerprint density at radius 2 is 1.02 bits per heavy atom. The predicted octanol–water partition coefficient (Wildman–Crippen LogP) is 17.0. The first-order valence-corrected chi connectivity index (χ1v) is 23.5. The molecule has 12 rings (SSSR count). The van der Waals surface area contributed by atoms with Gasteiger partial charge in [-0.2, -0.15) is 0 Å². The SMILES string of the molecule is CC(C)c1cccc2c1-c1ccc(N(c3ccc(-c4cc5ccccc5cc4-c4ccccc4)cc3)c3ccc(C4CC5CCC4C5)cc3)cc1C2(c1ccccc1)c1ccccc1. The zero-order valence-electron chi connectivity index (χ0n) is 36.8. The van der Waals surface area contributed by atoms with Crippen LogP contribution < -0.4 is 4.90 Å². The minimum Gasteiger partial charge on any atom is -0.310 e. The maximum Gasteiger partial charge on any atom is 0.0714 e. The van der Waals surface area contributed by atoms with E-state index >= 15 is 0 Å². The molecule has 2 saturated carbocycles. The van der Waals surface area contributed by atoms with Gasteiger partial charge in [-0.15, -0.1) is 0 Å². The molecule has 3 unspecified atom stereocenters. The van der Waals surface area contributed by atoms with Gasteiger partial charge in [0.2, 0.25) is 0 Å². The Morgan fingerprint density at radius 1 is 0.453 bits per heavy atom. The van der Waals surface area contributed by atoms with Crippen LogP contribution in [0.3, 0.4) is 0 Å². The molecule has 0 radical (unpaired) electrons. The maximum atomic E-state index is 2.52. The fourth-order valence-electron chi connectivity index (χ4n) is 12.3. The second kappa shape index (κ2) is 15.7. The largest absolute Gasteiger partial charge is 0.310 e. The van der Waals surface area contributed by atoms with Gasteiger partial charge in [0.25, 0.3) is 0 Å². The molecule has 310 valence electrons. The lowest BCUT2D eigenvalue weighted by molar-refractivity contribution is 0.420. The maximum absolute atomic E-state index is 2.52. The van der Waals surface area contributed by atoms with Crippen molar-refractivity contribution in [2.24, 2.45) is 11.8 Å². The Hall–Kier alpha value is -6.96. The summed E-state index contributed by atoms with van der Waals surface area (Å²) < 4.78 is 0. The summed E-state index contributed by atoms with van der Waals surface area (Å²) in [4.78, 5) is 2.50. The third-order valence-corrected chi connectivity index (χ3v) is 15.2. The monoisotopic (exact) mass is 823 g/mol. The van der Waals surface area contributed by atoms with E-state index in [-0.39, 0.29) is 0 Å². The molecule has 9 aromatic carbocycles. The van der Waals surface area contributed by atoms with Crippen molar-refractivity contribution in [2.75, 3.05) is 4.90 Å². The van der Waals surface area contributed by atoms with Crippen LogP contribution in [0.5, 0.6) is 0 Å². The lowest BCUT2D eigenvalue weighted by Crippen LogP contribution is -2.28. The third-order valence-electron chi connectivity index (χ3n) is 15.2. The average molecular weight is 824 g/mol. The van der Waals surface area contributed by atoms with Crippen LogP contribution >= 0.6 is 0 Å². The molecule has 9 aromatic rings. The van der Waals surface area contributed by atoms with Crippen LogP contribution in [-0.2, 0) is 5.41 Å². The van der Waals surface area contributed by atoms with Crippen LogP contribution in [0, 0.1) is 11.8 Å². The van der Waals surface area contributed by atoms with Gasteiger partial charge in [0, 0.05) is 17.1 Å². The predicted molar refractivity (Wildman–Crippen MR) is 269 cm³/mol. The van der Waals surface area contributed by atoms with Crippen molar-refractivity contribution in [2.45, 2.75) is 56.8 Å². The van der Waals surface area contributed by atoms with Crippen LogP contribution in [0.15, 0.2) is 212 Å². The second-order valence-electron chi connectivity index (χ2n) is 19.0. The minimum atomic E-state index is -0.501. The normalized spacial score (nSPS) is 18.0. The lowest BCUT2D eigenvalue weighted by atomic mass is 9.67. The van der Waals surface area contributed by atoms with Gasteiger partial charge in [-0.3, -0.25) is 0 Å². The van der Waals surface area contributed by atoms with E-state index in [9.17, 15) is 0 Å². The molecule has 0 aromatic heterocycles. The second-order valence-corrected chi connectivity index (χ2v) is 19.0. The summed E-state index contributed by atoms with van der Waals surface area (Å²) in [6, 6.07) is 80.1. The molecule has 0 spiro atoms. The van der Waals surface area contributed by atoms with Gasteiger partial charge in [-0.05, 0) is 169 Å². The van der Waals surface area contributed by atoms with Crippen molar-refractivity contribution in [3.05, 3.63) is 246 Å². The van der Waals surface area contributed by atoms with E-state index in [0.29, 0.717) is 11.8 Å². The van der Waals surface area contributed by atoms with E-state index in [0.717, 1.165) is 23.2 Å². The fraction of sp³-hybridized carbons (Fsp3) is 0.175. The number of nitrogens with zero attached hydrogens (tertiary/aromatic N) is 1. The molecule has 1 heteroatoms. The summed E-state index contributed by atoms with van der Waals surface area (Å²) in [6.45, 7) is 4.67. The number of anilines is 3. The smallest absolute Gasteiger partial charge is 0.0714 e. The van der Waals surface area contributed by atoms with E-state index < -0.39 is 5.41 Å². The lowest BCUT2D eigenvalue weighted by Gasteiger charge is -2.35. The highest BCUT2D eigenvalue weighted by atomic mass is 15.1. The molecule has 2 fully saturated rings. The first kappa shape index (κ1) is 38.7. The zero-order chi connectivity index (χ0) is 42.8. The van der Waals surface area contributed by atoms with Crippen molar-refractivity contribution < 1.29 is 0 Å². The average Bonchev–Trinajstić information content (AvgIpc) is 4.08. The van der Waals surface area contributed by atoms with Crippen molar-refractivity contribution in [1.29, 1.82) is 0 Å². The molecular weight excluding hydrogens is 771 g/mol.